The molecule has 1 unspecified atom stereocenters. The Kier molecular flexibility index (Phi) is 8.85. The number of carbonyl (C=O) groups excluding carboxylic acids is 3. The summed E-state index contributed by atoms with van der Waals surface area (Å²) in [7, 11) is 0. The molecule has 1 aromatic rings. The van der Waals surface area contributed by atoms with Crippen LogP contribution in [0.3, 0.4) is 0 Å². The normalized spacial score (nSPS) is 12.0. The molecule has 126 valence electrons. The number of carbonyl (C=O) groups is 3. The van der Waals surface area contributed by atoms with Crippen molar-refractivity contribution >= 4 is 28.4 Å². The van der Waals surface area contributed by atoms with Crippen LogP contribution >= 0.6 is 11.8 Å². The lowest BCUT2D eigenvalue weighted by atomic mass is 9.90. The first kappa shape index (κ1) is 19.6. The van der Waals surface area contributed by atoms with Crippen molar-refractivity contribution in [2.45, 2.75) is 52.9 Å². The Morgan fingerprint density at radius 1 is 1.04 bits per heavy atom. The van der Waals surface area contributed by atoms with E-state index in [-0.39, 0.29) is 22.6 Å². The lowest BCUT2D eigenvalue weighted by Gasteiger charge is -2.13. The van der Waals surface area contributed by atoms with Crippen molar-refractivity contribution in [3.05, 3.63) is 35.4 Å². The average molecular weight is 334 g/mol. The van der Waals surface area contributed by atoms with E-state index in [0.717, 1.165) is 31.4 Å². The van der Waals surface area contributed by atoms with Crippen LogP contribution in [0.4, 0.5) is 0 Å². The predicted octanol–water partition coefficient (Wildman–Crippen LogP) is 4.94. The van der Waals surface area contributed by atoms with Gasteiger partial charge >= 0.3 is 0 Å². The third-order valence-corrected chi connectivity index (χ3v) is 4.75. The summed E-state index contributed by atoms with van der Waals surface area (Å²) in [6, 6.07) is 7.11. The van der Waals surface area contributed by atoms with Crippen LogP contribution in [0.5, 0.6) is 0 Å². The van der Waals surface area contributed by atoms with Crippen molar-refractivity contribution in [1.82, 2.24) is 0 Å². The Labute approximate surface area is 143 Å². The highest BCUT2D eigenvalue weighted by Crippen LogP contribution is 2.20. The standard InChI is InChI=1S/C19H26O3S/c1-4-18(21)16-11-7-8-12-17(16)19(22)14(2)10-6-5-9-13-23-15(3)20/h7-8,11-12,14H,4-6,9-10,13H2,1-3H3. The fourth-order valence-electron chi connectivity index (χ4n) is 2.47. The van der Waals surface area contributed by atoms with E-state index in [1.165, 1.54) is 11.8 Å². The van der Waals surface area contributed by atoms with Gasteiger partial charge in [0.15, 0.2) is 16.7 Å². The highest BCUT2D eigenvalue weighted by atomic mass is 32.2. The molecular weight excluding hydrogens is 308 g/mol. The summed E-state index contributed by atoms with van der Waals surface area (Å²) in [5, 5.41) is 0.158. The van der Waals surface area contributed by atoms with Gasteiger partial charge in [-0.25, -0.2) is 0 Å². The van der Waals surface area contributed by atoms with E-state index >= 15 is 0 Å². The predicted molar refractivity (Wildman–Crippen MR) is 96.2 cm³/mol. The van der Waals surface area contributed by atoms with Crippen molar-refractivity contribution in [3.8, 4) is 0 Å². The van der Waals surface area contributed by atoms with Gasteiger partial charge in [0.05, 0.1) is 0 Å². The summed E-state index contributed by atoms with van der Waals surface area (Å²) in [5.74, 6) is 0.843. The summed E-state index contributed by atoms with van der Waals surface area (Å²) >= 11 is 1.36. The van der Waals surface area contributed by atoms with Crippen LogP contribution in [0, 0.1) is 5.92 Å². The number of benzene rings is 1. The summed E-state index contributed by atoms with van der Waals surface area (Å²) in [6.45, 7) is 5.33. The highest BCUT2D eigenvalue weighted by molar-refractivity contribution is 8.13. The monoisotopic (exact) mass is 334 g/mol. The molecule has 0 radical (unpaired) electrons. The molecule has 0 aliphatic rings. The molecular formula is C19H26O3S. The van der Waals surface area contributed by atoms with E-state index in [1.54, 1.807) is 25.1 Å². The minimum atomic E-state index is -0.0822. The van der Waals surface area contributed by atoms with Crippen molar-refractivity contribution in [1.29, 1.82) is 0 Å². The second-order valence-corrected chi connectivity index (χ2v) is 7.05. The van der Waals surface area contributed by atoms with Gasteiger partial charge in [-0.1, -0.05) is 62.7 Å². The van der Waals surface area contributed by atoms with Crippen molar-refractivity contribution < 1.29 is 14.4 Å². The zero-order chi connectivity index (χ0) is 17.2. The molecule has 1 aromatic carbocycles. The SMILES string of the molecule is CCC(=O)c1ccccc1C(=O)C(C)CCCCCSC(C)=O. The lowest BCUT2D eigenvalue weighted by molar-refractivity contribution is -0.109. The average Bonchev–Trinajstić information content (AvgIpc) is 2.56. The lowest BCUT2D eigenvalue weighted by Crippen LogP contribution is -2.15. The first-order chi connectivity index (χ1) is 11.0. The highest BCUT2D eigenvalue weighted by Gasteiger charge is 2.20. The summed E-state index contributed by atoms with van der Waals surface area (Å²) < 4.78 is 0. The van der Waals surface area contributed by atoms with Crippen molar-refractivity contribution in [3.63, 3.8) is 0 Å². The van der Waals surface area contributed by atoms with Gasteiger partial charge in [0.1, 0.15) is 0 Å². The van der Waals surface area contributed by atoms with E-state index < -0.39 is 0 Å². The maximum atomic E-state index is 12.6. The zero-order valence-electron chi connectivity index (χ0n) is 14.3. The fourth-order valence-corrected chi connectivity index (χ4v) is 3.11. The van der Waals surface area contributed by atoms with Gasteiger partial charge in [-0.15, -0.1) is 0 Å². The van der Waals surface area contributed by atoms with Crippen LogP contribution in [-0.2, 0) is 4.79 Å². The van der Waals surface area contributed by atoms with Gasteiger partial charge in [0.2, 0.25) is 0 Å². The third-order valence-electron chi connectivity index (χ3n) is 3.85. The molecule has 1 atom stereocenters. The minimum absolute atomic E-state index is 0.0161. The minimum Gasteiger partial charge on any atom is -0.294 e. The molecule has 0 N–H and O–H groups in total. The third kappa shape index (κ3) is 6.69. The molecule has 0 bridgehead atoms. The number of hydrogen-bond donors (Lipinski definition) is 0. The smallest absolute Gasteiger partial charge is 0.185 e. The quantitative estimate of drug-likeness (QED) is 0.449. The van der Waals surface area contributed by atoms with Crippen LogP contribution in [0.1, 0.15) is 73.6 Å². The van der Waals surface area contributed by atoms with E-state index in [4.69, 9.17) is 0 Å². The van der Waals surface area contributed by atoms with E-state index in [0.29, 0.717) is 17.5 Å². The summed E-state index contributed by atoms with van der Waals surface area (Å²) in [6.07, 6.45) is 4.21. The molecule has 0 heterocycles. The Morgan fingerprint density at radius 3 is 2.30 bits per heavy atom. The Hall–Kier alpha value is -1.42. The van der Waals surface area contributed by atoms with Crippen LogP contribution in [-0.4, -0.2) is 22.4 Å². The number of ketones is 2. The number of thioether (sulfide) groups is 1. The van der Waals surface area contributed by atoms with Crippen LogP contribution in [0.2, 0.25) is 0 Å². The van der Waals surface area contributed by atoms with Crippen molar-refractivity contribution in [2.24, 2.45) is 5.92 Å². The molecule has 3 nitrogen and oxygen atoms in total. The molecule has 0 saturated carbocycles. The topological polar surface area (TPSA) is 51.2 Å². The second-order valence-electron chi connectivity index (χ2n) is 5.78. The number of hydrogen-bond acceptors (Lipinski definition) is 4. The Bertz CT molecular complexity index is 551. The van der Waals surface area contributed by atoms with E-state index in [9.17, 15) is 14.4 Å². The van der Waals surface area contributed by atoms with Gasteiger partial charge in [0.25, 0.3) is 0 Å². The van der Waals surface area contributed by atoms with Crippen LogP contribution in [0.25, 0.3) is 0 Å². The number of unbranched alkanes of at least 4 members (excludes halogenated alkanes) is 2. The molecule has 23 heavy (non-hydrogen) atoms. The van der Waals surface area contributed by atoms with Gasteiger partial charge in [0, 0.05) is 36.1 Å². The molecule has 0 saturated heterocycles. The van der Waals surface area contributed by atoms with Gasteiger partial charge in [-0.05, 0) is 12.8 Å². The number of Topliss-reactive ketones (excluding diaryl/α,β-unsaturated/α-hetero) is 2. The molecule has 1 rings (SSSR count). The molecule has 4 heteroatoms. The van der Waals surface area contributed by atoms with Gasteiger partial charge in [-0.2, -0.15) is 0 Å². The largest absolute Gasteiger partial charge is 0.294 e. The summed E-state index contributed by atoms with van der Waals surface area (Å²) in [4.78, 5) is 35.4. The van der Waals surface area contributed by atoms with Gasteiger partial charge < -0.3 is 0 Å². The van der Waals surface area contributed by atoms with E-state index in [1.807, 2.05) is 19.9 Å². The Balaban J connectivity index is 2.51. The molecule has 0 aromatic heterocycles. The Morgan fingerprint density at radius 2 is 1.70 bits per heavy atom. The van der Waals surface area contributed by atoms with Crippen LogP contribution in [0.15, 0.2) is 24.3 Å². The molecule has 0 amide bonds. The maximum absolute atomic E-state index is 12.6. The fraction of sp³-hybridized carbons (Fsp3) is 0.526. The number of rotatable bonds is 10. The first-order valence-electron chi connectivity index (χ1n) is 8.27. The maximum Gasteiger partial charge on any atom is 0.185 e. The second kappa shape index (κ2) is 10.4. The molecule has 0 aliphatic carbocycles. The molecule has 0 fully saturated rings. The zero-order valence-corrected chi connectivity index (χ0v) is 15.1. The van der Waals surface area contributed by atoms with E-state index in [2.05, 4.69) is 0 Å². The first-order valence-corrected chi connectivity index (χ1v) is 9.25. The van der Waals surface area contributed by atoms with Gasteiger partial charge in [-0.3, -0.25) is 14.4 Å². The van der Waals surface area contributed by atoms with Crippen molar-refractivity contribution in [2.75, 3.05) is 5.75 Å². The summed E-state index contributed by atoms with van der Waals surface area (Å²) in [5.41, 5.74) is 1.10. The molecule has 0 spiro atoms. The molecule has 0 aliphatic heterocycles. The van der Waals surface area contributed by atoms with Crippen LogP contribution < -0.4 is 0 Å².